The zero-order chi connectivity index (χ0) is 13.4. The highest BCUT2D eigenvalue weighted by atomic mass is 19.1. The quantitative estimate of drug-likeness (QED) is 0.748. The van der Waals surface area contributed by atoms with E-state index >= 15 is 0 Å². The molecule has 0 aromatic heterocycles. The van der Waals surface area contributed by atoms with Gasteiger partial charge in [0.2, 0.25) is 0 Å². The number of hydrogen-bond acceptors (Lipinski definition) is 3. The monoisotopic (exact) mass is 265 g/mol. The summed E-state index contributed by atoms with van der Waals surface area (Å²) in [6, 6.07) is 5.05. The van der Waals surface area contributed by atoms with Crippen molar-refractivity contribution in [3.8, 4) is 0 Å². The molecular weight excluding hydrogens is 249 g/mol. The number of carbonyl (C=O) groups is 1. The number of anilines is 1. The number of nitrogens with two attached hydrogens (primary N) is 1. The molecule has 0 spiro atoms. The van der Waals surface area contributed by atoms with E-state index in [1.807, 2.05) is 0 Å². The van der Waals surface area contributed by atoms with Gasteiger partial charge >= 0.3 is 6.03 Å². The topological polar surface area (TPSA) is 76.4 Å². The molecule has 102 valence electrons. The highest BCUT2D eigenvalue weighted by Crippen LogP contribution is 2.37. The summed E-state index contributed by atoms with van der Waals surface area (Å²) in [5.74, 6) is 0.0188. The Bertz CT molecular complexity index is 479. The molecule has 2 fully saturated rings. The van der Waals surface area contributed by atoms with E-state index in [1.165, 1.54) is 24.3 Å². The Morgan fingerprint density at radius 1 is 1.37 bits per heavy atom. The Hall–Kier alpha value is -1.66. The minimum Gasteiger partial charge on any atom is -0.376 e. The lowest BCUT2D eigenvalue weighted by Gasteiger charge is -2.45. The van der Waals surface area contributed by atoms with Gasteiger partial charge in [-0.2, -0.15) is 0 Å². The molecular formula is C13H16FN3O2. The van der Waals surface area contributed by atoms with Crippen molar-refractivity contribution in [2.45, 2.75) is 24.6 Å². The van der Waals surface area contributed by atoms with Gasteiger partial charge in [-0.25, -0.2) is 9.18 Å². The fraction of sp³-hybridized carbons (Fsp3) is 0.462. The second-order valence-electron chi connectivity index (χ2n) is 5.00. The zero-order valence-electron chi connectivity index (χ0n) is 10.3. The molecule has 4 atom stereocenters. The molecule has 1 aromatic carbocycles. The van der Waals surface area contributed by atoms with Gasteiger partial charge in [0.1, 0.15) is 5.82 Å². The molecule has 1 aromatic rings. The summed E-state index contributed by atoms with van der Waals surface area (Å²) in [4.78, 5) is 11.8. The normalized spacial score (nSPS) is 32.3. The van der Waals surface area contributed by atoms with Gasteiger partial charge in [0.25, 0.3) is 0 Å². The van der Waals surface area contributed by atoms with Crippen LogP contribution in [0.3, 0.4) is 0 Å². The van der Waals surface area contributed by atoms with Crippen LogP contribution >= 0.6 is 0 Å². The predicted molar refractivity (Wildman–Crippen MR) is 68.2 cm³/mol. The molecule has 1 saturated heterocycles. The first-order chi connectivity index (χ1) is 9.15. The van der Waals surface area contributed by atoms with Crippen LogP contribution in [0.5, 0.6) is 0 Å². The molecule has 0 bridgehead atoms. The number of hydrogen-bond donors (Lipinski definition) is 3. The van der Waals surface area contributed by atoms with E-state index in [4.69, 9.17) is 10.5 Å². The van der Waals surface area contributed by atoms with Crippen molar-refractivity contribution in [3.63, 3.8) is 0 Å². The minimum absolute atomic E-state index is 0.0361. The molecule has 6 heteroatoms. The molecule has 0 radical (unpaired) electrons. The molecule has 4 unspecified atom stereocenters. The van der Waals surface area contributed by atoms with Gasteiger partial charge < -0.3 is 21.1 Å². The van der Waals surface area contributed by atoms with Crippen molar-refractivity contribution in [3.05, 3.63) is 30.1 Å². The second-order valence-corrected chi connectivity index (χ2v) is 5.00. The van der Waals surface area contributed by atoms with Gasteiger partial charge in [-0.1, -0.05) is 0 Å². The molecule has 3 rings (SSSR count). The van der Waals surface area contributed by atoms with Gasteiger partial charge in [0.15, 0.2) is 0 Å². The molecule has 19 heavy (non-hydrogen) atoms. The first-order valence-corrected chi connectivity index (χ1v) is 6.35. The van der Waals surface area contributed by atoms with Crippen LogP contribution in [0.2, 0.25) is 0 Å². The van der Waals surface area contributed by atoms with Crippen molar-refractivity contribution in [2.24, 2.45) is 11.7 Å². The van der Waals surface area contributed by atoms with Crippen molar-refractivity contribution >= 4 is 11.7 Å². The SMILES string of the molecule is NC1C2CCOC2C1NC(=O)Nc1ccc(F)cc1. The van der Waals surface area contributed by atoms with Gasteiger partial charge in [-0.05, 0) is 30.7 Å². The van der Waals surface area contributed by atoms with Crippen LogP contribution in [0.1, 0.15) is 6.42 Å². The Balaban J connectivity index is 1.55. The molecule has 1 heterocycles. The van der Waals surface area contributed by atoms with Crippen LogP contribution in [0.15, 0.2) is 24.3 Å². The number of rotatable bonds is 2. The molecule has 5 nitrogen and oxygen atoms in total. The number of fused-ring (bicyclic) bond motifs is 1. The van der Waals surface area contributed by atoms with Gasteiger partial charge in [0.05, 0.1) is 12.1 Å². The van der Waals surface area contributed by atoms with Crippen LogP contribution < -0.4 is 16.4 Å². The summed E-state index contributed by atoms with van der Waals surface area (Å²) in [5.41, 5.74) is 6.54. The highest BCUT2D eigenvalue weighted by molar-refractivity contribution is 5.89. The average Bonchev–Trinajstić information content (AvgIpc) is 2.83. The fourth-order valence-corrected chi connectivity index (χ4v) is 2.78. The lowest BCUT2D eigenvalue weighted by Crippen LogP contribution is -2.69. The number of halogens is 1. The third kappa shape index (κ3) is 2.29. The molecule has 1 aliphatic heterocycles. The van der Waals surface area contributed by atoms with Crippen LogP contribution in [0, 0.1) is 11.7 Å². The lowest BCUT2D eigenvalue weighted by atomic mass is 9.72. The van der Waals surface area contributed by atoms with E-state index in [-0.39, 0.29) is 30.0 Å². The van der Waals surface area contributed by atoms with E-state index < -0.39 is 0 Å². The third-order valence-electron chi connectivity index (χ3n) is 3.85. The number of benzene rings is 1. The third-order valence-corrected chi connectivity index (χ3v) is 3.85. The Morgan fingerprint density at radius 2 is 2.11 bits per heavy atom. The van der Waals surface area contributed by atoms with Crippen molar-refractivity contribution in [1.82, 2.24) is 5.32 Å². The summed E-state index contributed by atoms with van der Waals surface area (Å²) in [6.07, 6.45) is 0.998. The maximum atomic E-state index is 12.7. The summed E-state index contributed by atoms with van der Waals surface area (Å²) < 4.78 is 18.3. The fourth-order valence-electron chi connectivity index (χ4n) is 2.78. The Morgan fingerprint density at radius 3 is 2.84 bits per heavy atom. The zero-order valence-corrected chi connectivity index (χ0v) is 10.3. The molecule has 4 N–H and O–H groups in total. The number of urea groups is 1. The molecule has 2 aliphatic rings. The van der Waals surface area contributed by atoms with Crippen LogP contribution in [0.25, 0.3) is 0 Å². The number of nitrogens with one attached hydrogen (secondary N) is 2. The van der Waals surface area contributed by atoms with E-state index in [0.29, 0.717) is 18.2 Å². The largest absolute Gasteiger partial charge is 0.376 e. The van der Waals surface area contributed by atoms with Crippen LogP contribution in [0.4, 0.5) is 14.9 Å². The van der Waals surface area contributed by atoms with Crippen molar-refractivity contribution in [1.29, 1.82) is 0 Å². The number of carbonyl (C=O) groups excluding carboxylic acids is 1. The van der Waals surface area contributed by atoms with E-state index in [9.17, 15) is 9.18 Å². The summed E-state index contributed by atoms with van der Waals surface area (Å²) >= 11 is 0. The lowest BCUT2D eigenvalue weighted by molar-refractivity contribution is -0.0128. The number of amides is 2. The molecule has 2 amide bonds. The van der Waals surface area contributed by atoms with Gasteiger partial charge in [0, 0.05) is 24.3 Å². The maximum Gasteiger partial charge on any atom is 0.319 e. The van der Waals surface area contributed by atoms with Crippen molar-refractivity contribution < 1.29 is 13.9 Å². The Kier molecular flexibility index (Phi) is 3.12. The van der Waals surface area contributed by atoms with Crippen LogP contribution in [-0.4, -0.2) is 30.8 Å². The second kappa shape index (κ2) is 4.79. The smallest absolute Gasteiger partial charge is 0.319 e. The minimum atomic E-state index is -0.346. The van der Waals surface area contributed by atoms with Crippen LogP contribution in [-0.2, 0) is 4.74 Å². The first kappa shape index (κ1) is 12.4. The standard InChI is InChI=1S/C13H16FN3O2/c14-7-1-3-8(4-2-7)16-13(18)17-11-10(15)9-5-6-19-12(9)11/h1-4,9-12H,5-6,15H2,(H2,16,17,18). The molecule has 1 aliphatic carbocycles. The van der Waals surface area contributed by atoms with Crippen molar-refractivity contribution in [2.75, 3.05) is 11.9 Å². The Labute approximate surface area is 110 Å². The first-order valence-electron chi connectivity index (χ1n) is 6.35. The number of ether oxygens (including phenoxy) is 1. The highest BCUT2D eigenvalue weighted by Gasteiger charge is 2.52. The summed E-state index contributed by atoms with van der Waals surface area (Å²) in [6.45, 7) is 0.709. The average molecular weight is 265 g/mol. The summed E-state index contributed by atoms with van der Waals surface area (Å²) in [7, 11) is 0. The van der Waals surface area contributed by atoms with Gasteiger partial charge in [-0.15, -0.1) is 0 Å². The summed E-state index contributed by atoms with van der Waals surface area (Å²) in [5, 5.41) is 5.45. The van der Waals surface area contributed by atoms with E-state index in [2.05, 4.69) is 10.6 Å². The van der Waals surface area contributed by atoms with E-state index in [0.717, 1.165) is 6.42 Å². The predicted octanol–water partition coefficient (Wildman–Crippen LogP) is 1.06. The maximum absolute atomic E-state index is 12.7. The van der Waals surface area contributed by atoms with Gasteiger partial charge in [-0.3, -0.25) is 0 Å². The molecule has 1 saturated carbocycles. The van der Waals surface area contributed by atoms with E-state index in [1.54, 1.807) is 0 Å².